The van der Waals surface area contributed by atoms with E-state index in [0.717, 1.165) is 23.5 Å². The van der Waals surface area contributed by atoms with E-state index in [9.17, 15) is 4.79 Å². The van der Waals surface area contributed by atoms with Crippen molar-refractivity contribution in [2.45, 2.75) is 25.8 Å². The van der Waals surface area contributed by atoms with Gasteiger partial charge in [0, 0.05) is 23.1 Å². The third-order valence-electron chi connectivity index (χ3n) is 3.68. The SMILES string of the molecule is CN(Cc1ccc(C(=O)NN)cc1Br)CC1CCC1. The van der Waals surface area contributed by atoms with E-state index in [4.69, 9.17) is 5.84 Å². The first kappa shape index (κ1) is 14.5. The molecule has 0 bridgehead atoms. The summed E-state index contributed by atoms with van der Waals surface area (Å²) >= 11 is 3.52. The Balaban J connectivity index is 1.97. The molecule has 0 radical (unpaired) electrons. The van der Waals surface area contributed by atoms with Crippen LogP contribution in [0.5, 0.6) is 0 Å². The minimum atomic E-state index is -0.268. The van der Waals surface area contributed by atoms with Crippen LogP contribution in [-0.4, -0.2) is 24.4 Å². The van der Waals surface area contributed by atoms with Crippen LogP contribution < -0.4 is 11.3 Å². The van der Waals surface area contributed by atoms with Crippen LogP contribution in [0.1, 0.15) is 35.2 Å². The smallest absolute Gasteiger partial charge is 0.265 e. The van der Waals surface area contributed by atoms with Crippen molar-refractivity contribution in [3.8, 4) is 0 Å². The maximum atomic E-state index is 11.4. The Kier molecular flexibility index (Phi) is 4.96. The first-order chi connectivity index (χ1) is 9.10. The number of carbonyl (C=O) groups excluding carboxylic acids is 1. The summed E-state index contributed by atoms with van der Waals surface area (Å²) in [6.07, 6.45) is 4.10. The van der Waals surface area contributed by atoms with E-state index in [1.54, 1.807) is 6.07 Å². The first-order valence-corrected chi connectivity index (χ1v) is 7.37. The molecule has 0 atom stereocenters. The van der Waals surface area contributed by atoms with Gasteiger partial charge in [-0.25, -0.2) is 5.84 Å². The second-order valence-corrected chi connectivity index (χ2v) is 6.13. The highest BCUT2D eigenvalue weighted by Crippen LogP contribution is 2.27. The molecule has 0 aromatic heterocycles. The third-order valence-corrected chi connectivity index (χ3v) is 4.42. The van der Waals surface area contributed by atoms with Gasteiger partial charge in [0.1, 0.15) is 0 Å². The number of nitrogens with zero attached hydrogens (tertiary/aromatic N) is 1. The van der Waals surface area contributed by atoms with Crippen LogP contribution >= 0.6 is 15.9 Å². The lowest BCUT2D eigenvalue weighted by Crippen LogP contribution is -2.30. The van der Waals surface area contributed by atoms with Gasteiger partial charge in [0.15, 0.2) is 0 Å². The van der Waals surface area contributed by atoms with Crippen LogP contribution in [0.2, 0.25) is 0 Å². The van der Waals surface area contributed by atoms with Gasteiger partial charge in [-0.05, 0) is 43.5 Å². The zero-order valence-electron chi connectivity index (χ0n) is 11.2. The first-order valence-electron chi connectivity index (χ1n) is 6.58. The number of hydrogen-bond acceptors (Lipinski definition) is 3. The second kappa shape index (κ2) is 6.50. The molecule has 19 heavy (non-hydrogen) atoms. The van der Waals surface area contributed by atoms with Crippen molar-refractivity contribution < 1.29 is 4.79 Å². The third kappa shape index (κ3) is 3.78. The summed E-state index contributed by atoms with van der Waals surface area (Å²) in [5.74, 6) is 5.72. The van der Waals surface area contributed by atoms with Gasteiger partial charge in [0.05, 0.1) is 0 Å². The molecule has 1 aliphatic rings. The maximum Gasteiger partial charge on any atom is 0.265 e. The number of hydrazine groups is 1. The molecule has 1 saturated carbocycles. The number of rotatable bonds is 5. The molecule has 0 heterocycles. The molecule has 3 N–H and O–H groups in total. The molecular weight excluding hydrogens is 306 g/mol. The Bertz CT molecular complexity index is 460. The highest BCUT2D eigenvalue weighted by molar-refractivity contribution is 9.10. The zero-order chi connectivity index (χ0) is 13.8. The van der Waals surface area contributed by atoms with Gasteiger partial charge in [0.2, 0.25) is 0 Å². The fourth-order valence-electron chi connectivity index (χ4n) is 2.37. The van der Waals surface area contributed by atoms with Crippen molar-refractivity contribution in [1.82, 2.24) is 10.3 Å². The van der Waals surface area contributed by atoms with E-state index in [0.29, 0.717) is 5.56 Å². The summed E-state index contributed by atoms with van der Waals surface area (Å²) in [6.45, 7) is 2.04. The highest BCUT2D eigenvalue weighted by atomic mass is 79.9. The number of hydrogen-bond donors (Lipinski definition) is 2. The Morgan fingerprint density at radius 3 is 2.79 bits per heavy atom. The fourth-order valence-corrected chi connectivity index (χ4v) is 2.88. The summed E-state index contributed by atoms with van der Waals surface area (Å²) in [5, 5.41) is 0. The van der Waals surface area contributed by atoms with Gasteiger partial charge in [-0.2, -0.15) is 0 Å². The van der Waals surface area contributed by atoms with E-state index in [2.05, 4.69) is 33.3 Å². The summed E-state index contributed by atoms with van der Waals surface area (Å²) in [7, 11) is 2.14. The van der Waals surface area contributed by atoms with Crippen LogP contribution in [0.4, 0.5) is 0 Å². The lowest BCUT2D eigenvalue weighted by atomic mass is 9.85. The summed E-state index contributed by atoms with van der Waals surface area (Å²) in [6, 6.07) is 5.60. The van der Waals surface area contributed by atoms with Gasteiger partial charge < -0.3 is 4.90 Å². The second-order valence-electron chi connectivity index (χ2n) is 5.27. The van der Waals surface area contributed by atoms with Crippen molar-refractivity contribution in [1.29, 1.82) is 0 Å². The molecule has 5 heteroatoms. The normalized spacial score (nSPS) is 15.4. The zero-order valence-corrected chi connectivity index (χ0v) is 12.7. The van der Waals surface area contributed by atoms with Crippen LogP contribution in [0.25, 0.3) is 0 Å². The van der Waals surface area contributed by atoms with Crippen LogP contribution in [0.15, 0.2) is 22.7 Å². The van der Waals surface area contributed by atoms with Crippen LogP contribution in [0, 0.1) is 5.92 Å². The highest BCUT2D eigenvalue weighted by Gasteiger charge is 2.19. The van der Waals surface area contributed by atoms with Gasteiger partial charge >= 0.3 is 0 Å². The summed E-state index contributed by atoms with van der Waals surface area (Å²) < 4.78 is 0.953. The van der Waals surface area contributed by atoms with Gasteiger partial charge in [-0.1, -0.05) is 28.4 Å². The number of carbonyl (C=O) groups is 1. The van der Waals surface area contributed by atoms with E-state index in [-0.39, 0.29) is 5.91 Å². The lowest BCUT2D eigenvalue weighted by molar-refractivity contribution is 0.0953. The Hall–Kier alpha value is -0.910. The fraction of sp³-hybridized carbons (Fsp3) is 0.500. The van der Waals surface area contributed by atoms with E-state index < -0.39 is 0 Å². The molecule has 0 spiro atoms. The molecule has 0 saturated heterocycles. The molecule has 0 aliphatic heterocycles. The molecule has 1 aromatic carbocycles. The quantitative estimate of drug-likeness (QED) is 0.496. The molecule has 1 amide bonds. The summed E-state index contributed by atoms with van der Waals surface area (Å²) in [4.78, 5) is 13.8. The van der Waals surface area contributed by atoms with Gasteiger partial charge in [0.25, 0.3) is 5.91 Å². The predicted molar refractivity (Wildman–Crippen MR) is 79.5 cm³/mol. The topological polar surface area (TPSA) is 58.4 Å². The van der Waals surface area contributed by atoms with Crippen LogP contribution in [-0.2, 0) is 6.54 Å². The lowest BCUT2D eigenvalue weighted by Gasteiger charge is -2.30. The van der Waals surface area contributed by atoms with Crippen molar-refractivity contribution in [2.75, 3.05) is 13.6 Å². The van der Waals surface area contributed by atoms with Crippen molar-refractivity contribution in [3.05, 3.63) is 33.8 Å². The number of amides is 1. The minimum Gasteiger partial charge on any atom is -0.302 e. The van der Waals surface area contributed by atoms with E-state index in [1.807, 2.05) is 12.1 Å². The van der Waals surface area contributed by atoms with E-state index in [1.165, 1.54) is 24.8 Å². The van der Waals surface area contributed by atoms with Crippen LogP contribution in [0.3, 0.4) is 0 Å². The molecule has 104 valence electrons. The van der Waals surface area contributed by atoms with Crippen molar-refractivity contribution >= 4 is 21.8 Å². The number of nitrogens with one attached hydrogen (secondary N) is 1. The molecule has 0 unspecified atom stereocenters. The Morgan fingerprint density at radius 1 is 1.53 bits per heavy atom. The van der Waals surface area contributed by atoms with E-state index >= 15 is 0 Å². The number of benzene rings is 1. The molecule has 1 aromatic rings. The number of nitrogen functional groups attached to an aromatic ring is 1. The largest absolute Gasteiger partial charge is 0.302 e. The average molecular weight is 326 g/mol. The average Bonchev–Trinajstić information content (AvgIpc) is 2.35. The Morgan fingerprint density at radius 2 is 2.26 bits per heavy atom. The number of nitrogens with two attached hydrogens (primary N) is 1. The molecule has 1 aliphatic carbocycles. The predicted octanol–water partition coefficient (Wildman–Crippen LogP) is 2.28. The molecule has 1 fully saturated rings. The van der Waals surface area contributed by atoms with Gasteiger partial charge in [-0.3, -0.25) is 10.2 Å². The molecular formula is C14H20BrN3O. The molecule has 4 nitrogen and oxygen atoms in total. The minimum absolute atomic E-state index is 0.268. The molecule has 2 rings (SSSR count). The van der Waals surface area contributed by atoms with Gasteiger partial charge in [-0.15, -0.1) is 0 Å². The standard InChI is InChI=1S/C14H20BrN3O/c1-18(8-10-3-2-4-10)9-12-6-5-11(7-13(12)15)14(19)17-16/h5-7,10H,2-4,8-9,16H2,1H3,(H,17,19). The maximum absolute atomic E-state index is 11.4. The number of halogens is 1. The Labute approximate surface area is 122 Å². The van der Waals surface area contributed by atoms with Crippen molar-refractivity contribution in [3.63, 3.8) is 0 Å². The summed E-state index contributed by atoms with van der Waals surface area (Å²) in [5.41, 5.74) is 3.90. The van der Waals surface area contributed by atoms with Crippen molar-refractivity contribution in [2.24, 2.45) is 11.8 Å². The monoisotopic (exact) mass is 325 g/mol.